The number of aliphatic imine (C=N–C) groups is 1. The number of para-hydroxylation sites is 1. The van der Waals surface area contributed by atoms with Crippen LogP contribution in [0.3, 0.4) is 0 Å². The van der Waals surface area contributed by atoms with Crippen molar-refractivity contribution in [3.05, 3.63) is 29.8 Å². The zero-order valence-electron chi connectivity index (χ0n) is 14.3. The quantitative estimate of drug-likeness (QED) is 0.764. The highest BCUT2D eigenvalue weighted by Gasteiger charge is 2.49. The molecule has 0 aliphatic carbocycles. The molecule has 0 aromatic heterocycles. The number of carbonyl (C=O) groups is 1. The molecule has 2 aliphatic heterocycles. The van der Waals surface area contributed by atoms with Gasteiger partial charge >= 0.3 is 0 Å². The number of aryl methyl sites for hydroxylation is 1. The molecule has 1 amide bonds. The Kier molecular flexibility index (Phi) is 4.28. The zero-order valence-corrected chi connectivity index (χ0v) is 15.9. The minimum atomic E-state index is -3.04. The molecule has 0 bridgehead atoms. The molecule has 2 fully saturated rings. The lowest BCUT2D eigenvalue weighted by molar-refractivity contribution is -0.124. The van der Waals surface area contributed by atoms with Crippen LogP contribution >= 0.6 is 11.8 Å². The van der Waals surface area contributed by atoms with E-state index in [9.17, 15) is 13.2 Å². The zero-order chi connectivity index (χ0) is 17.7. The van der Waals surface area contributed by atoms with Gasteiger partial charge in [-0.1, -0.05) is 50.7 Å². The molecule has 7 heteroatoms. The maximum atomic E-state index is 12.4. The SMILES string of the molecule is Cc1ccccc1N1C(=NC(=O)C(C)(C)C)S[C@H]2CS(=O)(=O)C[C@H]21. The Hall–Kier alpha value is -1.34. The number of fused-ring (bicyclic) bond motifs is 1. The van der Waals surface area contributed by atoms with Gasteiger partial charge in [-0.3, -0.25) is 4.79 Å². The Balaban J connectivity index is 2.05. The van der Waals surface area contributed by atoms with Crippen LogP contribution in [-0.4, -0.2) is 42.3 Å². The molecule has 3 rings (SSSR count). The summed E-state index contributed by atoms with van der Waals surface area (Å²) >= 11 is 1.42. The van der Waals surface area contributed by atoms with E-state index in [0.717, 1.165) is 11.3 Å². The van der Waals surface area contributed by atoms with Crippen LogP contribution < -0.4 is 4.90 Å². The fraction of sp³-hybridized carbons (Fsp3) is 0.529. The molecular weight excluding hydrogens is 344 g/mol. The molecule has 2 atom stereocenters. The number of benzene rings is 1. The van der Waals surface area contributed by atoms with Gasteiger partial charge in [-0.05, 0) is 18.6 Å². The third kappa shape index (κ3) is 3.24. The van der Waals surface area contributed by atoms with Gasteiger partial charge in [0.25, 0.3) is 5.91 Å². The molecule has 2 aliphatic rings. The maximum Gasteiger partial charge on any atom is 0.253 e. The lowest BCUT2D eigenvalue weighted by Gasteiger charge is -2.26. The largest absolute Gasteiger partial charge is 0.315 e. The molecule has 2 saturated heterocycles. The van der Waals surface area contributed by atoms with Gasteiger partial charge in [0.05, 0.1) is 17.5 Å². The van der Waals surface area contributed by atoms with Crippen molar-refractivity contribution in [3.63, 3.8) is 0 Å². The number of rotatable bonds is 1. The minimum absolute atomic E-state index is 0.0684. The summed E-state index contributed by atoms with van der Waals surface area (Å²) in [5.74, 6) is 0.0706. The van der Waals surface area contributed by atoms with Crippen LogP contribution in [0.25, 0.3) is 0 Å². The third-order valence-corrected chi connectivity index (χ3v) is 7.49. The minimum Gasteiger partial charge on any atom is -0.315 e. The van der Waals surface area contributed by atoms with Crippen molar-refractivity contribution in [2.45, 2.75) is 39.0 Å². The fourth-order valence-corrected chi connectivity index (χ4v) is 6.84. The monoisotopic (exact) mass is 366 g/mol. The molecule has 1 aromatic rings. The summed E-state index contributed by atoms with van der Waals surface area (Å²) in [5.41, 5.74) is 1.41. The number of amidine groups is 1. The van der Waals surface area contributed by atoms with Crippen LogP contribution in [0, 0.1) is 12.3 Å². The molecule has 0 spiro atoms. The number of nitrogens with zero attached hydrogens (tertiary/aromatic N) is 2. The number of amides is 1. The van der Waals surface area contributed by atoms with E-state index in [1.54, 1.807) is 0 Å². The van der Waals surface area contributed by atoms with Gasteiger partial charge in [-0.25, -0.2) is 8.42 Å². The number of anilines is 1. The van der Waals surface area contributed by atoms with Gasteiger partial charge in [0.1, 0.15) is 0 Å². The first-order valence-electron chi connectivity index (χ1n) is 7.93. The number of hydrogen-bond acceptors (Lipinski definition) is 4. The van der Waals surface area contributed by atoms with Crippen LogP contribution in [-0.2, 0) is 14.6 Å². The number of carbonyl (C=O) groups excluding carboxylic acids is 1. The molecule has 24 heavy (non-hydrogen) atoms. The lowest BCUT2D eigenvalue weighted by atomic mass is 9.96. The van der Waals surface area contributed by atoms with E-state index in [2.05, 4.69) is 4.99 Å². The lowest BCUT2D eigenvalue weighted by Crippen LogP contribution is -2.38. The van der Waals surface area contributed by atoms with E-state index in [0.29, 0.717) is 5.17 Å². The van der Waals surface area contributed by atoms with Crippen molar-refractivity contribution >= 4 is 38.4 Å². The van der Waals surface area contributed by atoms with Gasteiger partial charge in [-0.15, -0.1) is 0 Å². The van der Waals surface area contributed by atoms with E-state index in [1.165, 1.54) is 11.8 Å². The second-order valence-electron chi connectivity index (χ2n) is 7.41. The van der Waals surface area contributed by atoms with Gasteiger partial charge in [0, 0.05) is 16.4 Å². The maximum absolute atomic E-state index is 12.4. The van der Waals surface area contributed by atoms with Gasteiger partial charge in [0.15, 0.2) is 15.0 Å². The summed E-state index contributed by atoms with van der Waals surface area (Å²) in [7, 11) is -3.04. The first-order valence-corrected chi connectivity index (χ1v) is 10.6. The molecule has 130 valence electrons. The molecular formula is C17H22N2O3S2. The van der Waals surface area contributed by atoms with Crippen molar-refractivity contribution < 1.29 is 13.2 Å². The Bertz CT molecular complexity index is 809. The molecule has 0 unspecified atom stereocenters. The summed E-state index contributed by atoms with van der Waals surface area (Å²) in [4.78, 5) is 18.7. The normalized spacial score (nSPS) is 27.5. The summed E-state index contributed by atoms with van der Waals surface area (Å²) in [6.07, 6.45) is 0. The summed E-state index contributed by atoms with van der Waals surface area (Å²) in [6.45, 7) is 7.49. The van der Waals surface area contributed by atoms with Crippen LogP contribution in [0.15, 0.2) is 29.3 Å². The average Bonchev–Trinajstić information content (AvgIpc) is 2.90. The molecule has 2 heterocycles. The Morgan fingerprint density at radius 3 is 2.54 bits per heavy atom. The molecule has 0 radical (unpaired) electrons. The van der Waals surface area contributed by atoms with Crippen molar-refractivity contribution in [1.82, 2.24) is 0 Å². The van der Waals surface area contributed by atoms with E-state index in [1.807, 2.05) is 56.9 Å². The first-order chi connectivity index (χ1) is 11.1. The summed E-state index contributed by atoms with van der Waals surface area (Å²) in [6, 6.07) is 7.66. The highest BCUT2D eigenvalue weighted by atomic mass is 32.2. The van der Waals surface area contributed by atoms with Gasteiger partial charge in [-0.2, -0.15) is 4.99 Å². The topological polar surface area (TPSA) is 66.8 Å². The standard InChI is InChI=1S/C17H22N2O3S2/c1-11-7-5-6-8-12(11)19-13-9-24(21,22)10-14(13)23-16(19)18-15(20)17(2,3)4/h5-8,13-14H,9-10H2,1-4H3/t13-,14+/m1/s1. The number of thioether (sulfide) groups is 1. The van der Waals surface area contributed by atoms with Crippen LogP contribution in [0.1, 0.15) is 26.3 Å². The van der Waals surface area contributed by atoms with E-state index in [4.69, 9.17) is 0 Å². The predicted molar refractivity (Wildman–Crippen MR) is 99.4 cm³/mol. The molecule has 0 saturated carbocycles. The Labute approximate surface area is 147 Å². The Morgan fingerprint density at radius 1 is 1.25 bits per heavy atom. The van der Waals surface area contributed by atoms with Crippen molar-refractivity contribution in [2.24, 2.45) is 10.4 Å². The third-order valence-electron chi connectivity index (χ3n) is 4.28. The van der Waals surface area contributed by atoms with Crippen LogP contribution in [0.2, 0.25) is 0 Å². The molecule has 5 nitrogen and oxygen atoms in total. The smallest absolute Gasteiger partial charge is 0.253 e. The highest BCUT2D eigenvalue weighted by Crippen LogP contribution is 2.42. The highest BCUT2D eigenvalue weighted by molar-refractivity contribution is 8.16. The van der Waals surface area contributed by atoms with E-state index >= 15 is 0 Å². The Morgan fingerprint density at radius 2 is 1.92 bits per heavy atom. The second-order valence-corrected chi connectivity index (χ2v) is 10.8. The molecule has 0 N–H and O–H groups in total. The van der Waals surface area contributed by atoms with Gasteiger partial charge < -0.3 is 4.90 Å². The number of sulfone groups is 1. The first kappa shape index (κ1) is 17.5. The predicted octanol–water partition coefficient (Wildman–Crippen LogP) is 2.64. The summed E-state index contributed by atoms with van der Waals surface area (Å²) in [5, 5.41) is 0.551. The average molecular weight is 367 g/mol. The van der Waals surface area contributed by atoms with Crippen molar-refractivity contribution in [2.75, 3.05) is 16.4 Å². The van der Waals surface area contributed by atoms with E-state index in [-0.39, 0.29) is 28.7 Å². The summed E-state index contributed by atoms with van der Waals surface area (Å²) < 4.78 is 24.1. The number of hydrogen-bond donors (Lipinski definition) is 0. The second kappa shape index (κ2) is 5.88. The van der Waals surface area contributed by atoms with Crippen LogP contribution in [0.5, 0.6) is 0 Å². The molecule has 1 aromatic carbocycles. The van der Waals surface area contributed by atoms with E-state index < -0.39 is 15.3 Å². The fourth-order valence-electron chi connectivity index (χ4n) is 2.93. The van der Waals surface area contributed by atoms with Crippen LogP contribution in [0.4, 0.5) is 5.69 Å². The van der Waals surface area contributed by atoms with Crippen molar-refractivity contribution in [1.29, 1.82) is 0 Å². The van der Waals surface area contributed by atoms with Crippen molar-refractivity contribution in [3.8, 4) is 0 Å². The van der Waals surface area contributed by atoms with Gasteiger partial charge in [0.2, 0.25) is 0 Å².